The van der Waals surface area contributed by atoms with Crippen molar-refractivity contribution in [3.05, 3.63) is 72.1 Å². The molecule has 0 unspecified atom stereocenters. The van der Waals surface area contributed by atoms with E-state index in [1.54, 1.807) is 6.20 Å². The molecule has 0 bridgehead atoms. The molecule has 106 valence electrons. The summed E-state index contributed by atoms with van der Waals surface area (Å²) in [6.45, 7) is 2.05. The van der Waals surface area contributed by atoms with Crippen LogP contribution in [0.1, 0.15) is 11.1 Å². The first kappa shape index (κ1) is 12.8. The lowest BCUT2D eigenvalue weighted by Gasteiger charge is -2.15. The quantitative estimate of drug-likeness (QED) is 0.542. The second-order valence-electron chi connectivity index (χ2n) is 5.37. The van der Waals surface area contributed by atoms with Crippen molar-refractivity contribution in [1.29, 1.82) is 0 Å². The van der Waals surface area contributed by atoms with Crippen LogP contribution >= 0.6 is 0 Å². The molecule has 0 radical (unpaired) electrons. The van der Waals surface area contributed by atoms with Gasteiger partial charge in [0, 0.05) is 23.5 Å². The number of hydrogen-bond acceptors (Lipinski definition) is 3. The van der Waals surface area contributed by atoms with E-state index < -0.39 is 0 Å². The van der Waals surface area contributed by atoms with Crippen LogP contribution in [-0.2, 0) is 0 Å². The molecule has 0 aliphatic carbocycles. The summed E-state index contributed by atoms with van der Waals surface area (Å²) in [5.41, 5.74) is 7.51. The maximum atomic E-state index is 4.57. The first-order chi connectivity index (χ1) is 10.8. The second kappa shape index (κ2) is 5.11. The number of para-hydroxylation sites is 1. The van der Waals surface area contributed by atoms with Gasteiger partial charge in [0.2, 0.25) is 0 Å². The van der Waals surface area contributed by atoms with Gasteiger partial charge in [-0.05, 0) is 18.1 Å². The average Bonchev–Trinajstić information content (AvgIpc) is 2.76. The zero-order chi connectivity index (χ0) is 14.9. The lowest BCUT2D eigenvalue weighted by atomic mass is 10.00. The molecule has 4 rings (SSSR count). The normalized spacial score (nSPS) is 12.0. The minimum Gasteiger partial charge on any atom is -0.352 e. The highest BCUT2D eigenvalue weighted by Crippen LogP contribution is 2.38. The van der Waals surface area contributed by atoms with Crippen molar-refractivity contribution in [3.8, 4) is 11.1 Å². The van der Waals surface area contributed by atoms with Gasteiger partial charge in [-0.1, -0.05) is 48.5 Å². The highest BCUT2D eigenvalue weighted by molar-refractivity contribution is 6.00. The van der Waals surface area contributed by atoms with Gasteiger partial charge >= 0.3 is 0 Å². The topological polar surface area (TPSA) is 37.3 Å². The first-order valence-corrected chi connectivity index (χ1v) is 7.27. The van der Waals surface area contributed by atoms with Crippen LogP contribution in [0.3, 0.4) is 0 Å². The Morgan fingerprint density at radius 3 is 2.59 bits per heavy atom. The molecule has 2 aromatic carbocycles. The third-order valence-electron chi connectivity index (χ3n) is 3.89. The molecular formula is C19H15N3. The van der Waals surface area contributed by atoms with E-state index in [1.165, 1.54) is 11.1 Å². The van der Waals surface area contributed by atoms with Crippen molar-refractivity contribution in [2.45, 2.75) is 6.92 Å². The molecule has 0 atom stereocenters. The number of aryl methyl sites for hydroxylation is 1. The molecule has 2 heterocycles. The zero-order valence-electron chi connectivity index (χ0n) is 12.2. The Labute approximate surface area is 129 Å². The van der Waals surface area contributed by atoms with Crippen molar-refractivity contribution in [1.82, 2.24) is 4.98 Å². The van der Waals surface area contributed by atoms with Gasteiger partial charge in [-0.2, -0.15) is 0 Å². The third-order valence-corrected chi connectivity index (χ3v) is 3.89. The molecule has 0 fully saturated rings. The number of aliphatic imine (C=N–C) groups is 1. The number of benzene rings is 2. The summed E-state index contributed by atoms with van der Waals surface area (Å²) in [5, 5.41) is 3.57. The lowest BCUT2D eigenvalue weighted by Crippen LogP contribution is -1.98. The maximum Gasteiger partial charge on any atom is 0.105 e. The number of rotatable bonds is 1. The molecule has 1 aromatic heterocycles. The van der Waals surface area contributed by atoms with Crippen LogP contribution in [0.4, 0.5) is 17.1 Å². The summed E-state index contributed by atoms with van der Waals surface area (Å²) < 4.78 is 0. The van der Waals surface area contributed by atoms with Crippen molar-refractivity contribution in [3.63, 3.8) is 0 Å². The van der Waals surface area contributed by atoms with E-state index in [1.807, 2.05) is 25.4 Å². The predicted molar refractivity (Wildman–Crippen MR) is 91.4 cm³/mol. The Morgan fingerprint density at radius 2 is 1.73 bits per heavy atom. The number of anilines is 2. The molecule has 0 saturated heterocycles. The molecule has 1 aliphatic heterocycles. The van der Waals surface area contributed by atoms with E-state index in [-0.39, 0.29) is 0 Å². The Kier molecular flexibility index (Phi) is 2.97. The Morgan fingerprint density at radius 1 is 0.864 bits per heavy atom. The molecule has 1 N–H and O–H groups in total. The summed E-state index contributed by atoms with van der Waals surface area (Å²) in [7, 11) is 0. The molecule has 3 nitrogen and oxygen atoms in total. The summed E-state index contributed by atoms with van der Waals surface area (Å²) >= 11 is 0. The SMILES string of the molecule is Cc1cncc2c1Nc1c(cccc1-c1ccccc1)C=N2. The molecule has 0 amide bonds. The van der Waals surface area contributed by atoms with Gasteiger partial charge < -0.3 is 5.32 Å². The Balaban J connectivity index is 1.94. The van der Waals surface area contributed by atoms with Gasteiger partial charge in [0.05, 0.1) is 17.6 Å². The van der Waals surface area contributed by atoms with Crippen molar-refractivity contribution in [2.24, 2.45) is 4.99 Å². The number of nitrogens with zero attached hydrogens (tertiary/aromatic N) is 2. The molecule has 3 heteroatoms. The molecular weight excluding hydrogens is 270 g/mol. The van der Waals surface area contributed by atoms with E-state index >= 15 is 0 Å². The predicted octanol–water partition coefficient (Wildman–Crippen LogP) is 4.86. The van der Waals surface area contributed by atoms with Crippen LogP contribution in [0.25, 0.3) is 11.1 Å². The number of fused-ring (bicyclic) bond motifs is 2. The van der Waals surface area contributed by atoms with Gasteiger partial charge in [-0.15, -0.1) is 0 Å². The average molecular weight is 285 g/mol. The molecule has 0 saturated carbocycles. The van der Waals surface area contributed by atoms with Crippen LogP contribution in [0.2, 0.25) is 0 Å². The van der Waals surface area contributed by atoms with E-state index in [0.29, 0.717) is 0 Å². The lowest BCUT2D eigenvalue weighted by molar-refractivity contribution is 1.25. The highest BCUT2D eigenvalue weighted by atomic mass is 15.0. The van der Waals surface area contributed by atoms with Gasteiger partial charge in [0.1, 0.15) is 5.69 Å². The number of pyridine rings is 1. The van der Waals surface area contributed by atoms with Crippen molar-refractivity contribution < 1.29 is 0 Å². The smallest absolute Gasteiger partial charge is 0.105 e. The van der Waals surface area contributed by atoms with E-state index in [0.717, 1.165) is 28.2 Å². The van der Waals surface area contributed by atoms with Gasteiger partial charge in [0.25, 0.3) is 0 Å². The summed E-state index contributed by atoms with van der Waals surface area (Å²) in [5.74, 6) is 0. The van der Waals surface area contributed by atoms with E-state index in [4.69, 9.17) is 0 Å². The van der Waals surface area contributed by atoms with Crippen LogP contribution in [0.15, 0.2) is 65.9 Å². The van der Waals surface area contributed by atoms with Crippen LogP contribution in [0.5, 0.6) is 0 Å². The van der Waals surface area contributed by atoms with Crippen LogP contribution in [0, 0.1) is 6.92 Å². The third kappa shape index (κ3) is 2.07. The fraction of sp³-hybridized carbons (Fsp3) is 0.0526. The summed E-state index contributed by atoms with van der Waals surface area (Å²) in [4.78, 5) is 8.80. The maximum absolute atomic E-state index is 4.57. The molecule has 1 aliphatic rings. The minimum absolute atomic E-state index is 0.871. The van der Waals surface area contributed by atoms with Crippen molar-refractivity contribution >= 4 is 23.3 Å². The van der Waals surface area contributed by atoms with Crippen LogP contribution in [-0.4, -0.2) is 11.2 Å². The monoisotopic (exact) mass is 285 g/mol. The fourth-order valence-corrected chi connectivity index (χ4v) is 2.75. The number of hydrogen-bond donors (Lipinski definition) is 1. The second-order valence-corrected chi connectivity index (χ2v) is 5.37. The van der Waals surface area contributed by atoms with Gasteiger partial charge in [0.15, 0.2) is 0 Å². The molecule has 3 aromatic rings. The van der Waals surface area contributed by atoms with E-state index in [9.17, 15) is 0 Å². The van der Waals surface area contributed by atoms with Gasteiger partial charge in [-0.3, -0.25) is 9.98 Å². The summed E-state index contributed by atoms with van der Waals surface area (Å²) in [6.07, 6.45) is 5.55. The standard InChI is InChI=1S/C19H15N3/c1-13-10-20-12-17-18(13)22-19-15(11-21-17)8-5-9-16(19)14-6-3-2-4-7-14/h2-12,22H,1H3. The number of nitrogens with one attached hydrogen (secondary N) is 1. The highest BCUT2D eigenvalue weighted by Gasteiger charge is 2.15. The Hall–Kier alpha value is -2.94. The van der Waals surface area contributed by atoms with Crippen LogP contribution < -0.4 is 5.32 Å². The first-order valence-electron chi connectivity index (χ1n) is 7.27. The Bertz CT molecular complexity index is 867. The van der Waals surface area contributed by atoms with Gasteiger partial charge in [-0.25, -0.2) is 0 Å². The largest absolute Gasteiger partial charge is 0.352 e. The zero-order valence-corrected chi connectivity index (χ0v) is 12.2. The number of aromatic nitrogens is 1. The summed E-state index contributed by atoms with van der Waals surface area (Å²) in [6, 6.07) is 16.7. The molecule has 0 spiro atoms. The fourth-order valence-electron chi connectivity index (χ4n) is 2.75. The van der Waals surface area contributed by atoms with Crippen molar-refractivity contribution in [2.75, 3.05) is 5.32 Å². The van der Waals surface area contributed by atoms with E-state index in [2.05, 4.69) is 57.8 Å². The molecule has 22 heavy (non-hydrogen) atoms. The minimum atomic E-state index is 0.871.